The van der Waals surface area contributed by atoms with Gasteiger partial charge in [-0.15, -0.1) is 0 Å². The first-order valence-corrected chi connectivity index (χ1v) is 10.7. The Morgan fingerprint density at radius 2 is 1.92 bits per heavy atom. The van der Waals surface area contributed by atoms with E-state index in [-0.39, 0.29) is 4.90 Å². The van der Waals surface area contributed by atoms with Gasteiger partial charge in [0.1, 0.15) is 12.1 Å². The largest absolute Gasteiger partial charge is 0.497 e. The van der Waals surface area contributed by atoms with Crippen molar-refractivity contribution >= 4 is 20.8 Å². The lowest BCUT2D eigenvalue weighted by Crippen LogP contribution is -2.53. The number of hydrogen-bond donors (Lipinski definition) is 1. The van der Waals surface area contributed by atoms with Crippen LogP contribution in [-0.2, 0) is 25.6 Å². The molecule has 5 nitrogen and oxygen atoms in total. The van der Waals surface area contributed by atoms with Crippen molar-refractivity contribution in [2.45, 2.75) is 60.9 Å². The number of benzene rings is 1. The summed E-state index contributed by atoms with van der Waals surface area (Å²) in [6, 6.07) is 6.19. The summed E-state index contributed by atoms with van der Waals surface area (Å²) < 4.78 is 60.4. The van der Waals surface area contributed by atoms with Gasteiger partial charge < -0.3 is 4.74 Å². The smallest absolute Gasteiger partial charge is 0.224 e. The molecule has 8 heteroatoms. The van der Waals surface area contributed by atoms with Crippen molar-refractivity contribution in [3.63, 3.8) is 0 Å². The van der Waals surface area contributed by atoms with E-state index in [0.29, 0.717) is 12.8 Å². The van der Waals surface area contributed by atoms with Gasteiger partial charge in [-0.1, -0.05) is 18.2 Å². The third kappa shape index (κ3) is 4.89. The third-order valence-corrected chi connectivity index (χ3v) is 7.23. The molecule has 1 unspecified atom stereocenters. The SMILES string of the molecule is CC(C)(C)S(=O)N[C@@H]([C@@H]1CCC=CO1)[C@H](F)S(=O)(=O)c1ccccc1. The maximum absolute atomic E-state index is 15.2. The van der Waals surface area contributed by atoms with E-state index in [4.69, 9.17) is 4.74 Å². The van der Waals surface area contributed by atoms with Crippen LogP contribution in [0.25, 0.3) is 0 Å². The number of alkyl halides is 1. The number of ether oxygens (including phenoxy) is 1. The summed E-state index contributed by atoms with van der Waals surface area (Å²) in [6.07, 6.45) is 3.59. The zero-order valence-electron chi connectivity index (χ0n) is 14.5. The molecule has 25 heavy (non-hydrogen) atoms. The van der Waals surface area contributed by atoms with Crippen LogP contribution in [0, 0.1) is 0 Å². The van der Waals surface area contributed by atoms with E-state index >= 15 is 4.39 Å². The minimum Gasteiger partial charge on any atom is -0.497 e. The lowest BCUT2D eigenvalue weighted by atomic mass is 10.1. The van der Waals surface area contributed by atoms with Crippen LogP contribution in [0.2, 0.25) is 0 Å². The molecule has 0 fully saturated rings. The topological polar surface area (TPSA) is 72.5 Å². The fourth-order valence-electron chi connectivity index (χ4n) is 2.35. The Bertz CT molecular complexity index is 729. The second kappa shape index (κ2) is 7.97. The summed E-state index contributed by atoms with van der Waals surface area (Å²) in [4.78, 5) is -0.109. The first-order valence-electron chi connectivity index (χ1n) is 8.05. The van der Waals surface area contributed by atoms with E-state index in [1.807, 2.05) is 0 Å². The van der Waals surface area contributed by atoms with Crippen LogP contribution in [0.1, 0.15) is 33.6 Å². The van der Waals surface area contributed by atoms with Gasteiger partial charge in [0.15, 0.2) is 0 Å². The number of allylic oxidation sites excluding steroid dienone is 1. The van der Waals surface area contributed by atoms with Gasteiger partial charge in [-0.05, 0) is 51.8 Å². The van der Waals surface area contributed by atoms with Crippen LogP contribution in [-0.4, -0.2) is 35.0 Å². The van der Waals surface area contributed by atoms with Crippen LogP contribution >= 0.6 is 0 Å². The highest BCUT2D eigenvalue weighted by Crippen LogP contribution is 2.26. The number of hydrogen-bond acceptors (Lipinski definition) is 4. The van der Waals surface area contributed by atoms with Gasteiger partial charge >= 0.3 is 0 Å². The second-order valence-electron chi connectivity index (χ2n) is 6.86. The molecule has 0 saturated heterocycles. The first kappa shape index (κ1) is 20.1. The van der Waals surface area contributed by atoms with E-state index in [1.54, 1.807) is 32.9 Å². The molecule has 0 bridgehead atoms. The predicted octanol–water partition coefficient (Wildman–Crippen LogP) is 2.87. The first-order chi connectivity index (χ1) is 11.6. The van der Waals surface area contributed by atoms with Gasteiger partial charge in [-0.2, -0.15) is 0 Å². The molecule has 0 aromatic heterocycles. The second-order valence-corrected chi connectivity index (χ2v) is 10.9. The van der Waals surface area contributed by atoms with Crippen molar-refractivity contribution in [3.8, 4) is 0 Å². The minimum atomic E-state index is -4.25. The van der Waals surface area contributed by atoms with Crippen molar-refractivity contribution in [2.75, 3.05) is 0 Å². The molecule has 1 N–H and O–H groups in total. The van der Waals surface area contributed by atoms with Gasteiger partial charge in [0.2, 0.25) is 15.3 Å². The van der Waals surface area contributed by atoms with E-state index in [9.17, 15) is 12.6 Å². The van der Waals surface area contributed by atoms with Crippen LogP contribution in [0.5, 0.6) is 0 Å². The highest BCUT2D eigenvalue weighted by Gasteiger charge is 2.42. The number of nitrogens with one attached hydrogen (secondary N) is 1. The molecule has 0 radical (unpaired) electrons. The Balaban J connectivity index is 2.33. The monoisotopic (exact) mass is 389 g/mol. The number of sulfone groups is 1. The van der Waals surface area contributed by atoms with Crippen LogP contribution in [0.4, 0.5) is 4.39 Å². The summed E-state index contributed by atoms with van der Waals surface area (Å²) in [5.74, 6) is 0. The molecule has 1 aromatic carbocycles. The molecule has 0 spiro atoms. The van der Waals surface area contributed by atoms with Gasteiger partial charge in [0.25, 0.3) is 0 Å². The number of rotatable bonds is 6. The van der Waals surface area contributed by atoms with Crippen LogP contribution < -0.4 is 4.72 Å². The quantitative estimate of drug-likeness (QED) is 0.812. The average Bonchev–Trinajstić information content (AvgIpc) is 2.59. The predicted molar refractivity (Wildman–Crippen MR) is 96.6 cm³/mol. The molecule has 0 aliphatic carbocycles. The Morgan fingerprint density at radius 3 is 2.44 bits per heavy atom. The Kier molecular flexibility index (Phi) is 6.40. The molecule has 140 valence electrons. The summed E-state index contributed by atoms with van der Waals surface area (Å²) in [6.45, 7) is 5.19. The molecule has 1 aliphatic rings. The summed E-state index contributed by atoms with van der Waals surface area (Å²) in [7, 11) is -5.89. The van der Waals surface area contributed by atoms with Crippen LogP contribution in [0.3, 0.4) is 0 Å². The zero-order chi connectivity index (χ0) is 18.7. The molecule has 1 aromatic rings. The van der Waals surface area contributed by atoms with Crippen molar-refractivity contribution < 1.29 is 21.8 Å². The molecular formula is C17H24FNO4S2. The number of halogens is 1. The van der Waals surface area contributed by atoms with Crippen LogP contribution in [0.15, 0.2) is 47.6 Å². The standard InChI is InChI=1S/C17H24FNO4S2/c1-17(2,3)24(20)19-15(14-11-7-8-12-23-14)16(18)25(21,22)13-9-5-4-6-10-13/h4-6,8-10,12,14-16,19H,7,11H2,1-3H3/t14-,15-,16+,24?/m0/s1. The fourth-order valence-corrected chi connectivity index (χ4v) is 4.73. The van der Waals surface area contributed by atoms with E-state index in [0.717, 1.165) is 0 Å². The van der Waals surface area contributed by atoms with Gasteiger partial charge in [0.05, 0.1) is 26.9 Å². The summed E-state index contributed by atoms with van der Waals surface area (Å²) in [5.41, 5.74) is -2.28. The molecule has 0 saturated carbocycles. The summed E-state index contributed by atoms with van der Waals surface area (Å²) >= 11 is 0. The Hall–Kier alpha value is -1.25. The molecule has 0 amide bonds. The lowest BCUT2D eigenvalue weighted by Gasteiger charge is -2.32. The van der Waals surface area contributed by atoms with E-state index < -0.39 is 43.2 Å². The molecule has 2 rings (SSSR count). The van der Waals surface area contributed by atoms with E-state index in [2.05, 4.69) is 4.72 Å². The molecule has 1 aliphatic heterocycles. The molecular weight excluding hydrogens is 365 g/mol. The highest BCUT2D eigenvalue weighted by atomic mass is 32.2. The Morgan fingerprint density at radius 1 is 1.28 bits per heavy atom. The minimum absolute atomic E-state index is 0.109. The molecule has 1 heterocycles. The zero-order valence-corrected chi connectivity index (χ0v) is 16.1. The normalized spacial score (nSPS) is 22.0. The fraction of sp³-hybridized carbons (Fsp3) is 0.529. The summed E-state index contributed by atoms with van der Waals surface area (Å²) in [5, 5.41) is 0. The van der Waals surface area contributed by atoms with Gasteiger partial charge in [-0.3, -0.25) is 0 Å². The van der Waals surface area contributed by atoms with E-state index in [1.165, 1.54) is 30.5 Å². The Labute approximate surface area is 151 Å². The third-order valence-electron chi connectivity index (χ3n) is 3.82. The highest BCUT2D eigenvalue weighted by molar-refractivity contribution is 7.92. The lowest BCUT2D eigenvalue weighted by molar-refractivity contribution is 0.0764. The maximum atomic E-state index is 15.2. The van der Waals surface area contributed by atoms with Crippen molar-refractivity contribution in [2.24, 2.45) is 0 Å². The maximum Gasteiger partial charge on any atom is 0.224 e. The van der Waals surface area contributed by atoms with Crippen molar-refractivity contribution in [3.05, 3.63) is 42.7 Å². The average molecular weight is 390 g/mol. The van der Waals surface area contributed by atoms with Crippen molar-refractivity contribution in [1.82, 2.24) is 4.72 Å². The van der Waals surface area contributed by atoms with Crippen molar-refractivity contribution in [1.29, 1.82) is 0 Å². The van der Waals surface area contributed by atoms with Gasteiger partial charge in [-0.25, -0.2) is 21.7 Å². The van der Waals surface area contributed by atoms with Gasteiger partial charge in [0, 0.05) is 0 Å². The molecule has 4 atom stereocenters.